The summed E-state index contributed by atoms with van der Waals surface area (Å²) in [5, 5.41) is 13.2. The molecule has 0 amide bonds. The van der Waals surface area contributed by atoms with Crippen molar-refractivity contribution >= 4 is 0 Å². The van der Waals surface area contributed by atoms with Crippen LogP contribution in [0.25, 0.3) is 0 Å². The topological polar surface area (TPSA) is 41.6 Å². The van der Waals surface area contributed by atoms with Gasteiger partial charge in [0.05, 0.1) is 17.2 Å². The van der Waals surface area contributed by atoms with Crippen molar-refractivity contribution in [3.05, 3.63) is 17.5 Å². The maximum Gasteiger partial charge on any atom is 0.0684 e. The molecule has 3 heteroatoms. The molecule has 14 heavy (non-hydrogen) atoms. The first kappa shape index (κ1) is 10.8. The molecule has 0 aliphatic carbocycles. The molecule has 0 spiro atoms. The number of aromatic nitrogens is 2. The van der Waals surface area contributed by atoms with E-state index < -0.39 is 0 Å². The van der Waals surface area contributed by atoms with E-state index in [4.69, 9.17) is 5.26 Å². The molecule has 0 atom stereocenters. The minimum Gasteiger partial charge on any atom is -0.270 e. The summed E-state index contributed by atoms with van der Waals surface area (Å²) in [6.07, 6.45) is 0.839. The van der Waals surface area contributed by atoms with Crippen LogP contribution in [0.3, 0.4) is 0 Å². The highest BCUT2D eigenvalue weighted by Gasteiger charge is 2.16. The molecule has 0 aliphatic rings. The number of rotatable bonds is 3. The molecule has 3 nitrogen and oxygen atoms in total. The Hall–Kier alpha value is -1.30. The predicted molar refractivity (Wildman–Crippen MR) is 55.7 cm³/mol. The third-order valence-corrected chi connectivity index (χ3v) is 2.35. The van der Waals surface area contributed by atoms with Gasteiger partial charge in [-0.2, -0.15) is 10.4 Å². The van der Waals surface area contributed by atoms with Gasteiger partial charge in [0.25, 0.3) is 0 Å². The van der Waals surface area contributed by atoms with Crippen molar-refractivity contribution in [1.82, 2.24) is 9.78 Å². The lowest BCUT2D eigenvalue weighted by Crippen LogP contribution is -2.13. The Morgan fingerprint density at radius 3 is 2.57 bits per heavy atom. The molecule has 1 aromatic heterocycles. The summed E-state index contributed by atoms with van der Waals surface area (Å²) in [7, 11) is 0. The maximum absolute atomic E-state index is 8.87. The summed E-state index contributed by atoms with van der Waals surface area (Å²) in [5.74, 6) is 0. The van der Waals surface area contributed by atoms with Gasteiger partial charge in [-0.15, -0.1) is 0 Å². The molecule has 0 aliphatic heterocycles. The van der Waals surface area contributed by atoms with Crippen molar-refractivity contribution in [2.45, 2.75) is 40.7 Å². The summed E-state index contributed by atoms with van der Waals surface area (Å²) in [6, 6.07) is 4.35. The van der Waals surface area contributed by atoms with Crippen LogP contribution >= 0.6 is 0 Å². The largest absolute Gasteiger partial charge is 0.270 e. The quantitative estimate of drug-likeness (QED) is 0.736. The minimum atomic E-state index is -0.258. The van der Waals surface area contributed by atoms with Gasteiger partial charge < -0.3 is 0 Å². The Kier molecular flexibility index (Phi) is 2.95. The maximum atomic E-state index is 8.87. The van der Waals surface area contributed by atoms with Crippen LogP contribution in [0.4, 0.5) is 0 Å². The highest BCUT2D eigenvalue weighted by molar-refractivity contribution is 5.06. The van der Waals surface area contributed by atoms with Crippen LogP contribution in [0.2, 0.25) is 0 Å². The summed E-state index contributed by atoms with van der Waals surface area (Å²) >= 11 is 0. The SMILES string of the molecule is Cc1cc(C)n(CCC(C)(C)C#N)n1. The standard InChI is InChI=1S/C11H17N3/c1-9-7-10(2)14(13-9)6-5-11(3,4)8-12/h7H,5-6H2,1-4H3. The van der Waals surface area contributed by atoms with Crippen molar-refractivity contribution in [1.29, 1.82) is 5.26 Å². The molecule has 0 bridgehead atoms. The lowest BCUT2D eigenvalue weighted by molar-refractivity contribution is 0.395. The predicted octanol–water partition coefficient (Wildman–Crippen LogP) is 2.44. The molecule has 0 unspecified atom stereocenters. The van der Waals surface area contributed by atoms with Gasteiger partial charge in [0.15, 0.2) is 0 Å². The molecule has 0 radical (unpaired) electrons. The first-order valence-corrected chi connectivity index (χ1v) is 4.87. The molecular formula is C11H17N3. The van der Waals surface area contributed by atoms with Crippen LogP contribution in [0.1, 0.15) is 31.7 Å². The van der Waals surface area contributed by atoms with E-state index in [0.717, 1.165) is 24.4 Å². The molecular weight excluding hydrogens is 174 g/mol. The Bertz CT molecular complexity index is 355. The van der Waals surface area contributed by atoms with Crippen LogP contribution in [-0.4, -0.2) is 9.78 Å². The number of hydrogen-bond acceptors (Lipinski definition) is 2. The molecule has 76 valence electrons. The molecule has 0 saturated carbocycles. The lowest BCUT2D eigenvalue weighted by atomic mass is 9.91. The highest BCUT2D eigenvalue weighted by Crippen LogP contribution is 2.19. The smallest absolute Gasteiger partial charge is 0.0684 e. The van der Waals surface area contributed by atoms with E-state index in [0.29, 0.717) is 0 Å². The number of nitrogens with zero attached hydrogens (tertiary/aromatic N) is 3. The second kappa shape index (κ2) is 3.83. The van der Waals surface area contributed by atoms with Gasteiger partial charge in [0, 0.05) is 12.2 Å². The molecule has 0 aromatic carbocycles. The molecule has 0 saturated heterocycles. The third-order valence-electron chi connectivity index (χ3n) is 2.35. The normalized spacial score (nSPS) is 11.4. The Morgan fingerprint density at radius 1 is 1.50 bits per heavy atom. The number of hydrogen-bond donors (Lipinski definition) is 0. The van der Waals surface area contributed by atoms with Crippen LogP contribution < -0.4 is 0 Å². The van der Waals surface area contributed by atoms with Crippen LogP contribution in [0.15, 0.2) is 6.07 Å². The second-order valence-electron chi connectivity index (χ2n) is 4.40. The molecule has 0 N–H and O–H groups in total. The highest BCUT2D eigenvalue weighted by atomic mass is 15.3. The Balaban J connectivity index is 2.63. The zero-order chi connectivity index (χ0) is 10.8. The number of nitriles is 1. The van der Waals surface area contributed by atoms with E-state index in [-0.39, 0.29) is 5.41 Å². The number of aryl methyl sites for hydroxylation is 3. The van der Waals surface area contributed by atoms with Gasteiger partial charge in [-0.3, -0.25) is 4.68 Å². The van der Waals surface area contributed by atoms with E-state index in [1.54, 1.807) is 0 Å². The van der Waals surface area contributed by atoms with Crippen molar-refractivity contribution < 1.29 is 0 Å². The van der Waals surface area contributed by atoms with Crippen LogP contribution in [0.5, 0.6) is 0 Å². The third kappa shape index (κ3) is 2.59. The minimum absolute atomic E-state index is 0.258. The summed E-state index contributed by atoms with van der Waals surface area (Å²) in [5.41, 5.74) is 1.94. The van der Waals surface area contributed by atoms with Crippen molar-refractivity contribution in [2.24, 2.45) is 5.41 Å². The summed E-state index contributed by atoms with van der Waals surface area (Å²) < 4.78 is 1.97. The summed E-state index contributed by atoms with van der Waals surface area (Å²) in [4.78, 5) is 0. The van der Waals surface area contributed by atoms with E-state index >= 15 is 0 Å². The van der Waals surface area contributed by atoms with Crippen molar-refractivity contribution in [3.8, 4) is 6.07 Å². The van der Waals surface area contributed by atoms with E-state index in [1.807, 2.05) is 32.4 Å². The van der Waals surface area contributed by atoms with Gasteiger partial charge in [0.1, 0.15) is 0 Å². The summed E-state index contributed by atoms with van der Waals surface area (Å²) in [6.45, 7) is 8.76. The molecule has 1 rings (SSSR count). The fourth-order valence-electron chi connectivity index (χ4n) is 1.34. The average Bonchev–Trinajstić information content (AvgIpc) is 2.42. The zero-order valence-electron chi connectivity index (χ0n) is 9.33. The Morgan fingerprint density at radius 2 is 2.14 bits per heavy atom. The van der Waals surface area contributed by atoms with Gasteiger partial charge in [-0.1, -0.05) is 0 Å². The lowest BCUT2D eigenvalue weighted by Gasteiger charge is -2.15. The van der Waals surface area contributed by atoms with Crippen LogP contribution in [-0.2, 0) is 6.54 Å². The monoisotopic (exact) mass is 191 g/mol. The van der Waals surface area contributed by atoms with Crippen molar-refractivity contribution in [2.75, 3.05) is 0 Å². The molecule has 1 heterocycles. The van der Waals surface area contributed by atoms with E-state index in [9.17, 15) is 0 Å². The van der Waals surface area contributed by atoms with Gasteiger partial charge in [-0.25, -0.2) is 0 Å². The first-order chi connectivity index (χ1) is 6.44. The van der Waals surface area contributed by atoms with Crippen molar-refractivity contribution in [3.63, 3.8) is 0 Å². The first-order valence-electron chi connectivity index (χ1n) is 4.87. The van der Waals surface area contributed by atoms with Gasteiger partial charge in [0.2, 0.25) is 0 Å². The molecule has 1 aromatic rings. The Labute approximate surface area is 85.4 Å². The molecule has 0 fully saturated rings. The second-order valence-corrected chi connectivity index (χ2v) is 4.40. The van der Waals surface area contributed by atoms with E-state index in [2.05, 4.69) is 17.2 Å². The van der Waals surface area contributed by atoms with Crippen LogP contribution in [0, 0.1) is 30.6 Å². The average molecular weight is 191 g/mol. The fraction of sp³-hybridized carbons (Fsp3) is 0.636. The fourth-order valence-corrected chi connectivity index (χ4v) is 1.34. The van der Waals surface area contributed by atoms with Gasteiger partial charge in [-0.05, 0) is 40.2 Å². The van der Waals surface area contributed by atoms with E-state index in [1.165, 1.54) is 0 Å². The zero-order valence-corrected chi connectivity index (χ0v) is 9.33. The van der Waals surface area contributed by atoms with Gasteiger partial charge >= 0.3 is 0 Å².